The summed E-state index contributed by atoms with van der Waals surface area (Å²) in [6.45, 7) is 2.08. The second kappa shape index (κ2) is 8.44. The maximum absolute atomic E-state index is 13.1. The largest absolute Gasteiger partial charge is 0.370 e. The van der Waals surface area contributed by atoms with Crippen molar-refractivity contribution in [1.29, 1.82) is 0 Å². The van der Waals surface area contributed by atoms with Gasteiger partial charge < -0.3 is 10.6 Å². The number of nitrogens with zero attached hydrogens (tertiary/aromatic N) is 3. The van der Waals surface area contributed by atoms with Crippen LogP contribution in [-0.2, 0) is 16.0 Å². The summed E-state index contributed by atoms with van der Waals surface area (Å²) < 4.78 is 13.1. The summed E-state index contributed by atoms with van der Waals surface area (Å²) in [5, 5.41) is 7.27. The normalized spacial score (nSPS) is 10.6. The number of H-pyrrole nitrogens is 1. The number of aromatic nitrogens is 3. The van der Waals surface area contributed by atoms with Gasteiger partial charge in [0.25, 0.3) is 0 Å². The van der Waals surface area contributed by atoms with Gasteiger partial charge in [0.1, 0.15) is 11.6 Å². The highest BCUT2D eigenvalue weighted by Gasteiger charge is 2.18. The van der Waals surface area contributed by atoms with Crippen molar-refractivity contribution < 1.29 is 14.0 Å². The molecule has 0 radical (unpaired) electrons. The van der Waals surface area contributed by atoms with Crippen LogP contribution in [0.2, 0.25) is 0 Å². The molecule has 1 aromatic heterocycles. The van der Waals surface area contributed by atoms with Crippen molar-refractivity contribution in [2.24, 2.45) is 5.73 Å². The highest BCUT2D eigenvalue weighted by atomic mass is 32.2. The molecule has 0 fully saturated rings. The Bertz CT molecular complexity index is 704. The first-order valence-electron chi connectivity index (χ1n) is 7.38. The summed E-state index contributed by atoms with van der Waals surface area (Å²) in [6, 6.07) is 5.49. The molecule has 0 unspecified atom stereocenters. The van der Waals surface area contributed by atoms with Crippen LogP contribution in [0.25, 0.3) is 0 Å². The standard InChI is InChI=1S/C15H18FN5O2S/c1-2-13-18-15(20-19-13)24-9-14(23)21(8-7-12(17)22)11-5-3-10(16)4-6-11/h3-6H,2,7-9H2,1H3,(H2,17,22)(H,18,19,20). The van der Waals surface area contributed by atoms with Gasteiger partial charge in [-0.1, -0.05) is 18.7 Å². The monoisotopic (exact) mass is 351 g/mol. The quantitative estimate of drug-likeness (QED) is 0.701. The molecule has 0 aliphatic rings. The molecular weight excluding hydrogens is 333 g/mol. The van der Waals surface area contributed by atoms with Crippen molar-refractivity contribution in [1.82, 2.24) is 15.2 Å². The predicted molar refractivity (Wildman–Crippen MR) is 89.0 cm³/mol. The predicted octanol–water partition coefficient (Wildman–Crippen LogP) is 1.51. The van der Waals surface area contributed by atoms with Crippen LogP contribution < -0.4 is 10.6 Å². The van der Waals surface area contributed by atoms with E-state index in [1.807, 2.05) is 6.92 Å². The third-order valence-electron chi connectivity index (χ3n) is 3.19. The maximum atomic E-state index is 13.1. The number of nitrogens with one attached hydrogen (secondary N) is 1. The van der Waals surface area contributed by atoms with E-state index in [0.29, 0.717) is 10.8 Å². The third kappa shape index (κ3) is 5.05. The highest BCUT2D eigenvalue weighted by molar-refractivity contribution is 7.99. The first-order chi connectivity index (χ1) is 11.5. The molecular formula is C15H18FN5O2S. The van der Waals surface area contributed by atoms with Crippen LogP contribution in [0.1, 0.15) is 19.2 Å². The Hall–Kier alpha value is -2.42. The Morgan fingerprint density at radius 3 is 2.62 bits per heavy atom. The minimum Gasteiger partial charge on any atom is -0.370 e. The molecule has 0 atom stereocenters. The number of aromatic amines is 1. The van der Waals surface area contributed by atoms with E-state index in [-0.39, 0.29) is 24.6 Å². The number of hydrogen-bond acceptors (Lipinski definition) is 5. The lowest BCUT2D eigenvalue weighted by molar-refractivity contribution is -0.118. The minimum atomic E-state index is -0.510. The molecule has 24 heavy (non-hydrogen) atoms. The summed E-state index contributed by atoms with van der Waals surface area (Å²) in [7, 11) is 0. The van der Waals surface area contributed by atoms with Crippen LogP contribution in [0, 0.1) is 5.82 Å². The number of anilines is 1. The van der Waals surface area contributed by atoms with Gasteiger partial charge in [0, 0.05) is 25.1 Å². The molecule has 3 N–H and O–H groups in total. The Balaban J connectivity index is 2.05. The van der Waals surface area contributed by atoms with E-state index in [1.165, 1.54) is 40.9 Å². The van der Waals surface area contributed by atoms with Crippen LogP contribution in [0.5, 0.6) is 0 Å². The van der Waals surface area contributed by atoms with Gasteiger partial charge in [-0.3, -0.25) is 14.7 Å². The Labute approximate surface area is 142 Å². The number of nitrogens with two attached hydrogens (primary N) is 1. The number of carbonyl (C=O) groups is 2. The second-order valence-corrected chi connectivity index (χ2v) is 5.89. The van der Waals surface area contributed by atoms with E-state index in [9.17, 15) is 14.0 Å². The van der Waals surface area contributed by atoms with Gasteiger partial charge >= 0.3 is 0 Å². The smallest absolute Gasteiger partial charge is 0.237 e. The van der Waals surface area contributed by atoms with E-state index >= 15 is 0 Å². The first-order valence-corrected chi connectivity index (χ1v) is 8.36. The molecule has 1 heterocycles. The number of amides is 2. The lowest BCUT2D eigenvalue weighted by Crippen LogP contribution is -2.35. The number of primary amides is 1. The fourth-order valence-electron chi connectivity index (χ4n) is 1.95. The zero-order valence-corrected chi connectivity index (χ0v) is 14.0. The minimum absolute atomic E-state index is 0.0222. The molecule has 2 amide bonds. The van der Waals surface area contributed by atoms with Crippen LogP contribution >= 0.6 is 11.8 Å². The Morgan fingerprint density at radius 2 is 2.04 bits per heavy atom. The van der Waals surface area contributed by atoms with Gasteiger partial charge in [-0.15, -0.1) is 5.10 Å². The summed E-state index contributed by atoms with van der Waals surface area (Å²) in [4.78, 5) is 29.1. The number of thioether (sulfide) groups is 1. The van der Waals surface area contributed by atoms with E-state index in [2.05, 4.69) is 15.2 Å². The first kappa shape index (κ1) is 17.9. The summed E-state index contributed by atoms with van der Waals surface area (Å²) in [5.41, 5.74) is 5.67. The van der Waals surface area contributed by atoms with Crippen molar-refractivity contribution >= 4 is 29.3 Å². The third-order valence-corrected chi connectivity index (χ3v) is 4.02. The number of aryl methyl sites for hydroxylation is 1. The topological polar surface area (TPSA) is 105 Å². The van der Waals surface area contributed by atoms with Crippen molar-refractivity contribution in [3.05, 3.63) is 35.9 Å². The molecule has 2 aromatic rings. The average Bonchev–Trinajstić information content (AvgIpc) is 3.02. The van der Waals surface area contributed by atoms with Crippen LogP contribution in [0.3, 0.4) is 0 Å². The molecule has 0 saturated heterocycles. The van der Waals surface area contributed by atoms with Gasteiger partial charge in [0.2, 0.25) is 17.0 Å². The molecule has 7 nitrogen and oxygen atoms in total. The number of halogens is 1. The lowest BCUT2D eigenvalue weighted by Gasteiger charge is -2.22. The molecule has 0 aliphatic heterocycles. The zero-order chi connectivity index (χ0) is 17.5. The molecule has 2 rings (SSSR count). The van der Waals surface area contributed by atoms with Crippen molar-refractivity contribution in [2.45, 2.75) is 24.9 Å². The number of carbonyl (C=O) groups excluding carboxylic acids is 2. The van der Waals surface area contributed by atoms with Crippen LogP contribution in [0.4, 0.5) is 10.1 Å². The second-order valence-electron chi connectivity index (χ2n) is 4.95. The summed E-state index contributed by atoms with van der Waals surface area (Å²) in [6.07, 6.45) is 0.746. The van der Waals surface area contributed by atoms with Gasteiger partial charge in [-0.25, -0.2) is 9.37 Å². The summed E-state index contributed by atoms with van der Waals surface area (Å²) >= 11 is 1.19. The number of rotatable bonds is 8. The van der Waals surface area contributed by atoms with Gasteiger partial charge in [-0.2, -0.15) is 0 Å². The van der Waals surface area contributed by atoms with Gasteiger partial charge in [-0.05, 0) is 24.3 Å². The zero-order valence-electron chi connectivity index (χ0n) is 13.2. The summed E-state index contributed by atoms with van der Waals surface area (Å²) in [5.74, 6) is -0.311. The molecule has 1 aromatic carbocycles. The number of benzene rings is 1. The fraction of sp³-hybridized carbons (Fsp3) is 0.333. The van der Waals surface area contributed by atoms with Crippen LogP contribution in [0.15, 0.2) is 29.4 Å². The van der Waals surface area contributed by atoms with Crippen molar-refractivity contribution in [3.63, 3.8) is 0 Å². The van der Waals surface area contributed by atoms with Crippen molar-refractivity contribution in [2.75, 3.05) is 17.2 Å². The lowest BCUT2D eigenvalue weighted by atomic mass is 10.2. The SMILES string of the molecule is CCc1nc(SCC(=O)N(CCC(N)=O)c2ccc(F)cc2)n[nH]1. The van der Waals surface area contributed by atoms with Gasteiger partial charge in [0.05, 0.1) is 5.75 Å². The van der Waals surface area contributed by atoms with Crippen molar-refractivity contribution in [3.8, 4) is 0 Å². The molecule has 0 bridgehead atoms. The highest BCUT2D eigenvalue weighted by Crippen LogP contribution is 2.19. The molecule has 0 aliphatic carbocycles. The Morgan fingerprint density at radius 1 is 1.33 bits per heavy atom. The molecule has 9 heteroatoms. The molecule has 0 saturated carbocycles. The van der Waals surface area contributed by atoms with E-state index in [4.69, 9.17) is 5.73 Å². The molecule has 128 valence electrons. The van der Waals surface area contributed by atoms with E-state index < -0.39 is 11.7 Å². The Kier molecular flexibility index (Phi) is 6.30. The fourth-order valence-corrected chi connectivity index (χ4v) is 2.64. The van der Waals surface area contributed by atoms with E-state index in [1.54, 1.807) is 0 Å². The number of hydrogen-bond donors (Lipinski definition) is 2. The molecule has 0 spiro atoms. The average molecular weight is 351 g/mol. The van der Waals surface area contributed by atoms with Crippen LogP contribution in [-0.4, -0.2) is 39.3 Å². The van der Waals surface area contributed by atoms with Gasteiger partial charge in [0.15, 0.2) is 0 Å². The maximum Gasteiger partial charge on any atom is 0.237 e. The van der Waals surface area contributed by atoms with E-state index in [0.717, 1.165) is 12.2 Å².